The number of aryl methyl sites for hydroxylation is 2. The van der Waals surface area contributed by atoms with Gasteiger partial charge in [0.05, 0.1) is 11.6 Å². The van der Waals surface area contributed by atoms with Crippen LogP contribution in [0.15, 0.2) is 54.6 Å². The maximum atomic E-state index is 12.4. The van der Waals surface area contributed by atoms with Crippen molar-refractivity contribution in [3.8, 4) is 23.0 Å². The van der Waals surface area contributed by atoms with Crippen LogP contribution in [0.1, 0.15) is 18.1 Å². The van der Waals surface area contributed by atoms with Gasteiger partial charge in [-0.2, -0.15) is 4.52 Å². The zero-order valence-corrected chi connectivity index (χ0v) is 19.3. The Labute approximate surface area is 196 Å². The second kappa shape index (κ2) is 9.87. The van der Waals surface area contributed by atoms with E-state index in [1.54, 1.807) is 29.6 Å². The number of hydrogen-bond acceptors (Lipinski definition) is 6. The van der Waals surface area contributed by atoms with Gasteiger partial charge in [-0.15, -0.1) is 15.3 Å². The van der Waals surface area contributed by atoms with Gasteiger partial charge in [0.15, 0.2) is 17.6 Å². The predicted octanol–water partition coefficient (Wildman–Crippen LogP) is 4.02. The fraction of sp³-hybridized carbons (Fsp3) is 0.250. The zero-order valence-electron chi connectivity index (χ0n) is 18.6. The lowest BCUT2D eigenvalue weighted by Gasteiger charge is -2.15. The maximum absolute atomic E-state index is 12.4. The van der Waals surface area contributed by atoms with Crippen molar-refractivity contribution in [2.75, 3.05) is 13.2 Å². The summed E-state index contributed by atoms with van der Waals surface area (Å²) in [6, 6.07) is 16.7. The van der Waals surface area contributed by atoms with Crippen LogP contribution >= 0.6 is 11.6 Å². The number of carbonyl (C=O) groups excluding carboxylic acids is 1. The highest BCUT2D eigenvalue weighted by atomic mass is 35.5. The first kappa shape index (κ1) is 22.5. The summed E-state index contributed by atoms with van der Waals surface area (Å²) in [6.07, 6.45) is -0.629. The summed E-state index contributed by atoms with van der Waals surface area (Å²) >= 11 is 6.29. The maximum Gasteiger partial charge on any atom is 0.260 e. The van der Waals surface area contributed by atoms with Crippen molar-refractivity contribution in [3.05, 3.63) is 70.7 Å². The largest absolute Gasteiger partial charge is 0.481 e. The number of ether oxygens (including phenoxy) is 2. The minimum absolute atomic E-state index is 0.221. The van der Waals surface area contributed by atoms with Gasteiger partial charge in [-0.1, -0.05) is 29.8 Å². The van der Waals surface area contributed by atoms with E-state index < -0.39 is 6.10 Å². The zero-order chi connectivity index (χ0) is 23.4. The molecule has 4 aromatic rings. The summed E-state index contributed by atoms with van der Waals surface area (Å²) in [5.74, 6) is 1.35. The van der Waals surface area contributed by atoms with E-state index in [-0.39, 0.29) is 12.5 Å². The monoisotopic (exact) mass is 465 g/mol. The molecule has 170 valence electrons. The number of halogens is 1. The predicted molar refractivity (Wildman–Crippen MR) is 126 cm³/mol. The molecule has 0 spiro atoms. The van der Waals surface area contributed by atoms with Crippen LogP contribution in [0, 0.1) is 13.8 Å². The standard InChI is InChI=1S/C24H24ClN5O3/c1-15-12-16(2)14-18(13-15)33-17(3)24(31)26-10-11-32-22-9-8-21-27-28-23(30(21)29-22)19-6-4-5-7-20(19)25/h4-9,12-14,17H,10-11H2,1-3H3,(H,26,31). The van der Waals surface area contributed by atoms with Gasteiger partial charge in [0, 0.05) is 11.6 Å². The van der Waals surface area contributed by atoms with Crippen LogP contribution in [0.5, 0.6) is 11.6 Å². The average Bonchev–Trinajstić information content (AvgIpc) is 3.19. The van der Waals surface area contributed by atoms with E-state index in [1.165, 1.54) is 0 Å². The summed E-state index contributed by atoms with van der Waals surface area (Å²) in [5, 5.41) is 16.1. The normalized spacial score (nSPS) is 11.9. The van der Waals surface area contributed by atoms with Gasteiger partial charge in [0.2, 0.25) is 5.88 Å². The van der Waals surface area contributed by atoms with Crippen LogP contribution in [-0.4, -0.2) is 45.0 Å². The number of hydrogen-bond donors (Lipinski definition) is 1. The van der Waals surface area contributed by atoms with Crippen molar-refractivity contribution in [3.63, 3.8) is 0 Å². The Hall–Kier alpha value is -3.65. The number of carbonyl (C=O) groups is 1. The molecule has 0 fully saturated rings. The van der Waals surface area contributed by atoms with E-state index in [4.69, 9.17) is 21.1 Å². The van der Waals surface area contributed by atoms with Crippen molar-refractivity contribution in [2.24, 2.45) is 0 Å². The van der Waals surface area contributed by atoms with E-state index in [2.05, 4.69) is 26.7 Å². The smallest absolute Gasteiger partial charge is 0.260 e. The fourth-order valence-electron chi connectivity index (χ4n) is 3.39. The molecule has 0 aliphatic rings. The average molecular weight is 466 g/mol. The van der Waals surface area contributed by atoms with Crippen molar-refractivity contribution >= 4 is 23.2 Å². The molecule has 33 heavy (non-hydrogen) atoms. The number of fused-ring (bicyclic) bond motifs is 1. The number of rotatable bonds is 8. The molecule has 1 unspecified atom stereocenters. The van der Waals surface area contributed by atoms with Crippen LogP contribution in [0.25, 0.3) is 17.0 Å². The van der Waals surface area contributed by atoms with Crippen LogP contribution in [0.4, 0.5) is 0 Å². The van der Waals surface area contributed by atoms with Gasteiger partial charge in [-0.05, 0) is 62.2 Å². The molecule has 1 N–H and O–H groups in total. The van der Waals surface area contributed by atoms with Crippen molar-refractivity contribution in [1.82, 2.24) is 25.1 Å². The third-order valence-electron chi connectivity index (χ3n) is 4.88. The molecular weight excluding hydrogens is 442 g/mol. The number of nitrogens with one attached hydrogen (secondary N) is 1. The molecule has 0 aliphatic carbocycles. The van der Waals surface area contributed by atoms with Crippen LogP contribution in [0.3, 0.4) is 0 Å². The molecule has 2 aromatic carbocycles. The fourth-order valence-corrected chi connectivity index (χ4v) is 3.61. The Balaban J connectivity index is 1.33. The highest BCUT2D eigenvalue weighted by Gasteiger charge is 2.15. The topological polar surface area (TPSA) is 90.6 Å². The highest BCUT2D eigenvalue weighted by molar-refractivity contribution is 6.33. The lowest BCUT2D eigenvalue weighted by molar-refractivity contribution is -0.127. The Kier molecular flexibility index (Phi) is 6.74. The lowest BCUT2D eigenvalue weighted by atomic mass is 10.1. The molecule has 0 bridgehead atoms. The lowest BCUT2D eigenvalue weighted by Crippen LogP contribution is -2.38. The summed E-state index contributed by atoms with van der Waals surface area (Å²) in [5.41, 5.74) is 3.46. The molecule has 2 aromatic heterocycles. The Morgan fingerprint density at radius 2 is 1.85 bits per heavy atom. The van der Waals surface area contributed by atoms with Crippen LogP contribution in [-0.2, 0) is 4.79 Å². The minimum atomic E-state index is -0.629. The first-order chi connectivity index (χ1) is 15.9. The highest BCUT2D eigenvalue weighted by Crippen LogP contribution is 2.26. The van der Waals surface area contributed by atoms with Gasteiger partial charge < -0.3 is 14.8 Å². The van der Waals surface area contributed by atoms with Gasteiger partial charge in [-0.25, -0.2) is 0 Å². The molecular formula is C24H24ClN5O3. The van der Waals surface area contributed by atoms with Gasteiger partial charge in [0.25, 0.3) is 5.91 Å². The minimum Gasteiger partial charge on any atom is -0.481 e. The van der Waals surface area contributed by atoms with Crippen LogP contribution < -0.4 is 14.8 Å². The molecule has 0 aliphatic heterocycles. The van der Waals surface area contributed by atoms with Gasteiger partial charge >= 0.3 is 0 Å². The molecule has 1 atom stereocenters. The quantitative estimate of drug-likeness (QED) is 0.395. The second-order valence-electron chi connectivity index (χ2n) is 7.67. The van der Waals surface area contributed by atoms with E-state index in [0.717, 1.165) is 16.7 Å². The number of nitrogens with zero attached hydrogens (tertiary/aromatic N) is 4. The van der Waals surface area contributed by atoms with Crippen LogP contribution in [0.2, 0.25) is 5.02 Å². The Morgan fingerprint density at radius 1 is 1.09 bits per heavy atom. The first-order valence-electron chi connectivity index (χ1n) is 10.5. The SMILES string of the molecule is Cc1cc(C)cc(OC(C)C(=O)NCCOc2ccc3nnc(-c4ccccc4Cl)n3n2)c1. The second-order valence-corrected chi connectivity index (χ2v) is 8.08. The van der Waals surface area contributed by atoms with Gasteiger partial charge in [-0.3, -0.25) is 4.79 Å². The molecule has 8 nitrogen and oxygen atoms in total. The number of amides is 1. The molecule has 0 saturated heterocycles. The summed E-state index contributed by atoms with van der Waals surface area (Å²) in [6.45, 7) is 6.24. The summed E-state index contributed by atoms with van der Waals surface area (Å²) in [7, 11) is 0. The molecule has 4 rings (SSSR count). The van der Waals surface area contributed by atoms with Gasteiger partial charge in [0.1, 0.15) is 12.4 Å². The van der Waals surface area contributed by atoms with Crippen molar-refractivity contribution < 1.29 is 14.3 Å². The van der Waals surface area contributed by atoms with E-state index >= 15 is 0 Å². The Bertz CT molecular complexity index is 1270. The third-order valence-corrected chi connectivity index (χ3v) is 5.21. The van der Waals surface area contributed by atoms with E-state index in [9.17, 15) is 4.79 Å². The molecule has 2 heterocycles. The first-order valence-corrected chi connectivity index (χ1v) is 10.9. The van der Waals surface area contributed by atoms with Crippen molar-refractivity contribution in [1.29, 1.82) is 0 Å². The third kappa shape index (κ3) is 5.40. The summed E-state index contributed by atoms with van der Waals surface area (Å²) in [4.78, 5) is 12.4. The molecule has 9 heteroatoms. The molecule has 0 saturated carbocycles. The van der Waals surface area contributed by atoms with E-state index in [0.29, 0.717) is 34.7 Å². The summed E-state index contributed by atoms with van der Waals surface area (Å²) < 4.78 is 13.1. The number of benzene rings is 2. The molecule has 1 amide bonds. The molecule has 0 radical (unpaired) electrons. The number of aromatic nitrogens is 4. The van der Waals surface area contributed by atoms with Crippen molar-refractivity contribution in [2.45, 2.75) is 26.9 Å². The Morgan fingerprint density at radius 3 is 2.61 bits per heavy atom. The van der Waals surface area contributed by atoms with E-state index in [1.807, 2.05) is 44.2 Å².